The number of aryl methyl sites for hydroxylation is 2. The third kappa shape index (κ3) is 3.31. The van der Waals surface area contributed by atoms with E-state index in [0.717, 1.165) is 5.82 Å². The number of rotatable bonds is 3. The predicted molar refractivity (Wildman–Crippen MR) is 81.8 cm³/mol. The van der Waals surface area contributed by atoms with E-state index in [1.54, 1.807) is 28.8 Å². The molecule has 23 heavy (non-hydrogen) atoms. The number of aromatic nitrogens is 4. The molecule has 8 heteroatoms. The highest BCUT2D eigenvalue weighted by Crippen LogP contribution is 2.22. The summed E-state index contributed by atoms with van der Waals surface area (Å²) in [5, 5.41) is 0. The molecule has 3 heterocycles. The number of hydrogen-bond acceptors (Lipinski definition) is 5. The Labute approximate surface area is 133 Å². The van der Waals surface area contributed by atoms with Gasteiger partial charge < -0.3 is 19.2 Å². The Bertz CT molecular complexity index is 766. The van der Waals surface area contributed by atoms with E-state index in [4.69, 9.17) is 4.74 Å². The van der Waals surface area contributed by atoms with Gasteiger partial charge in [-0.15, -0.1) is 0 Å². The Hall–Kier alpha value is -2.48. The van der Waals surface area contributed by atoms with Crippen LogP contribution >= 0.6 is 0 Å². The van der Waals surface area contributed by atoms with Crippen LogP contribution in [0.2, 0.25) is 0 Å². The SMILES string of the molecule is Cc1nc([C@@H]2COCCN2C(=O)Cn2ccnc2C)cc(=O)[nH]1. The highest BCUT2D eigenvalue weighted by atomic mass is 16.5. The average molecular weight is 317 g/mol. The summed E-state index contributed by atoms with van der Waals surface area (Å²) in [6.45, 7) is 5.08. The lowest BCUT2D eigenvalue weighted by Crippen LogP contribution is -2.45. The molecule has 0 spiro atoms. The molecule has 8 nitrogen and oxygen atoms in total. The molecule has 0 unspecified atom stereocenters. The maximum Gasteiger partial charge on any atom is 0.251 e. The largest absolute Gasteiger partial charge is 0.377 e. The van der Waals surface area contributed by atoms with Crippen LogP contribution in [0.15, 0.2) is 23.3 Å². The monoisotopic (exact) mass is 317 g/mol. The molecular formula is C15H19N5O3. The van der Waals surface area contributed by atoms with E-state index in [0.29, 0.717) is 31.3 Å². The number of carbonyl (C=O) groups excluding carboxylic acids is 1. The molecule has 0 radical (unpaired) electrons. The molecule has 1 saturated heterocycles. The highest BCUT2D eigenvalue weighted by molar-refractivity contribution is 5.76. The molecule has 1 aliphatic heterocycles. The van der Waals surface area contributed by atoms with Crippen molar-refractivity contribution in [2.24, 2.45) is 0 Å². The lowest BCUT2D eigenvalue weighted by molar-refractivity contribution is -0.141. The molecule has 122 valence electrons. The summed E-state index contributed by atoms with van der Waals surface area (Å²) in [5.74, 6) is 1.27. The van der Waals surface area contributed by atoms with E-state index < -0.39 is 0 Å². The third-order valence-corrected chi connectivity index (χ3v) is 3.90. The molecule has 0 saturated carbocycles. The fraction of sp³-hybridized carbons (Fsp3) is 0.467. The second kappa shape index (κ2) is 6.33. The van der Waals surface area contributed by atoms with Crippen molar-refractivity contribution < 1.29 is 9.53 Å². The minimum Gasteiger partial charge on any atom is -0.377 e. The van der Waals surface area contributed by atoms with E-state index in [9.17, 15) is 9.59 Å². The van der Waals surface area contributed by atoms with Crippen LogP contribution in [-0.4, -0.2) is 50.1 Å². The van der Waals surface area contributed by atoms with Gasteiger partial charge in [0, 0.05) is 25.0 Å². The van der Waals surface area contributed by atoms with Gasteiger partial charge >= 0.3 is 0 Å². The van der Waals surface area contributed by atoms with Gasteiger partial charge in [0.05, 0.1) is 24.9 Å². The number of ether oxygens (including phenoxy) is 1. The second-order valence-electron chi connectivity index (χ2n) is 5.54. The molecule has 1 amide bonds. The number of nitrogens with one attached hydrogen (secondary N) is 1. The smallest absolute Gasteiger partial charge is 0.251 e. The van der Waals surface area contributed by atoms with Crippen LogP contribution in [0.3, 0.4) is 0 Å². The van der Waals surface area contributed by atoms with Crippen molar-refractivity contribution in [1.29, 1.82) is 0 Å². The maximum absolute atomic E-state index is 12.7. The van der Waals surface area contributed by atoms with E-state index in [-0.39, 0.29) is 24.1 Å². The molecule has 1 N–H and O–H groups in total. The zero-order valence-corrected chi connectivity index (χ0v) is 13.2. The first-order chi connectivity index (χ1) is 11.0. The molecule has 1 fully saturated rings. The minimum absolute atomic E-state index is 0.0425. The molecular weight excluding hydrogens is 298 g/mol. The number of imidazole rings is 1. The molecule has 0 aromatic carbocycles. The standard InChI is InChI=1S/C15H19N5O3/c1-10-17-12(7-14(21)18-10)13-9-23-6-5-20(13)15(22)8-19-4-3-16-11(19)2/h3-4,7,13H,5-6,8-9H2,1-2H3,(H,17,18,21)/t13-/m0/s1. The van der Waals surface area contributed by atoms with Crippen molar-refractivity contribution in [1.82, 2.24) is 24.4 Å². The van der Waals surface area contributed by atoms with Crippen LogP contribution in [0.5, 0.6) is 0 Å². The fourth-order valence-corrected chi connectivity index (χ4v) is 2.73. The normalized spacial score (nSPS) is 18.2. The number of carbonyl (C=O) groups is 1. The van der Waals surface area contributed by atoms with Gasteiger partial charge in [-0.05, 0) is 13.8 Å². The fourth-order valence-electron chi connectivity index (χ4n) is 2.73. The topological polar surface area (TPSA) is 93.1 Å². The van der Waals surface area contributed by atoms with E-state index >= 15 is 0 Å². The number of aromatic amines is 1. The molecule has 0 aliphatic carbocycles. The van der Waals surface area contributed by atoms with Crippen LogP contribution < -0.4 is 5.56 Å². The van der Waals surface area contributed by atoms with Gasteiger partial charge in [0.25, 0.3) is 5.56 Å². The van der Waals surface area contributed by atoms with Gasteiger partial charge in [0.15, 0.2) is 0 Å². The van der Waals surface area contributed by atoms with Crippen LogP contribution in [0.1, 0.15) is 23.4 Å². The zero-order chi connectivity index (χ0) is 16.4. The summed E-state index contributed by atoms with van der Waals surface area (Å²) in [5.41, 5.74) is 0.331. The average Bonchev–Trinajstić information content (AvgIpc) is 2.91. The Kier molecular flexibility index (Phi) is 4.24. The summed E-state index contributed by atoms with van der Waals surface area (Å²) in [7, 11) is 0. The van der Waals surface area contributed by atoms with E-state index in [2.05, 4.69) is 15.0 Å². The zero-order valence-electron chi connectivity index (χ0n) is 13.2. The van der Waals surface area contributed by atoms with Crippen LogP contribution in [0.4, 0.5) is 0 Å². The van der Waals surface area contributed by atoms with Gasteiger partial charge in [0.2, 0.25) is 5.91 Å². The van der Waals surface area contributed by atoms with Gasteiger partial charge in [-0.1, -0.05) is 0 Å². The number of H-pyrrole nitrogens is 1. The van der Waals surface area contributed by atoms with Crippen molar-refractivity contribution in [3.8, 4) is 0 Å². The quantitative estimate of drug-likeness (QED) is 0.872. The van der Waals surface area contributed by atoms with Crippen LogP contribution in [0.25, 0.3) is 0 Å². The highest BCUT2D eigenvalue weighted by Gasteiger charge is 2.30. The lowest BCUT2D eigenvalue weighted by atomic mass is 10.1. The van der Waals surface area contributed by atoms with Crippen molar-refractivity contribution in [2.45, 2.75) is 26.4 Å². The predicted octanol–water partition coefficient (Wildman–Crippen LogP) is 0.183. The van der Waals surface area contributed by atoms with E-state index in [1.165, 1.54) is 6.07 Å². The summed E-state index contributed by atoms with van der Waals surface area (Å²) in [6.07, 6.45) is 3.44. The number of amides is 1. The minimum atomic E-state index is -0.346. The molecule has 3 rings (SSSR count). The van der Waals surface area contributed by atoms with Crippen molar-refractivity contribution in [3.63, 3.8) is 0 Å². The Balaban J connectivity index is 1.85. The summed E-state index contributed by atoms with van der Waals surface area (Å²) >= 11 is 0. The van der Waals surface area contributed by atoms with E-state index in [1.807, 2.05) is 6.92 Å². The van der Waals surface area contributed by atoms with Gasteiger partial charge in [-0.3, -0.25) is 9.59 Å². The Morgan fingerprint density at radius 3 is 3.00 bits per heavy atom. The molecule has 2 aromatic rings. The second-order valence-corrected chi connectivity index (χ2v) is 5.54. The van der Waals surface area contributed by atoms with Crippen molar-refractivity contribution in [2.75, 3.05) is 19.8 Å². The molecule has 1 atom stereocenters. The van der Waals surface area contributed by atoms with Crippen molar-refractivity contribution in [3.05, 3.63) is 46.2 Å². The van der Waals surface area contributed by atoms with Gasteiger partial charge in [-0.2, -0.15) is 0 Å². The van der Waals surface area contributed by atoms with Gasteiger partial charge in [-0.25, -0.2) is 9.97 Å². The molecule has 2 aromatic heterocycles. The lowest BCUT2D eigenvalue weighted by Gasteiger charge is -2.35. The van der Waals surface area contributed by atoms with Crippen LogP contribution in [-0.2, 0) is 16.1 Å². The summed E-state index contributed by atoms with van der Waals surface area (Å²) in [4.78, 5) is 37.2. The first-order valence-electron chi connectivity index (χ1n) is 7.47. The van der Waals surface area contributed by atoms with Crippen molar-refractivity contribution >= 4 is 5.91 Å². The van der Waals surface area contributed by atoms with Gasteiger partial charge in [0.1, 0.15) is 18.2 Å². The first kappa shape index (κ1) is 15.4. The van der Waals surface area contributed by atoms with Crippen LogP contribution in [0, 0.1) is 13.8 Å². The third-order valence-electron chi connectivity index (χ3n) is 3.90. The number of morpholine rings is 1. The molecule has 0 bridgehead atoms. The Morgan fingerprint density at radius 2 is 2.30 bits per heavy atom. The Morgan fingerprint density at radius 1 is 1.48 bits per heavy atom. The summed E-state index contributed by atoms with van der Waals surface area (Å²) < 4.78 is 7.29. The number of nitrogens with zero attached hydrogens (tertiary/aromatic N) is 4. The number of hydrogen-bond donors (Lipinski definition) is 1. The first-order valence-corrected chi connectivity index (χ1v) is 7.47. The maximum atomic E-state index is 12.7. The molecule has 1 aliphatic rings. The summed E-state index contributed by atoms with van der Waals surface area (Å²) in [6, 6.07) is 1.08.